The van der Waals surface area contributed by atoms with Crippen molar-refractivity contribution in [2.75, 3.05) is 0 Å². The lowest BCUT2D eigenvalue weighted by Gasteiger charge is -2.08. The number of ether oxygens (including phenoxy) is 1. The first-order chi connectivity index (χ1) is 13.6. The molecule has 0 aliphatic carbocycles. The first kappa shape index (κ1) is 17.2. The number of nitriles is 1. The molecule has 4 rings (SSSR count). The van der Waals surface area contributed by atoms with Crippen LogP contribution in [0.1, 0.15) is 11.1 Å². The Morgan fingerprint density at radius 2 is 1.86 bits per heavy atom. The van der Waals surface area contributed by atoms with E-state index < -0.39 is 4.92 Å². The predicted molar refractivity (Wildman–Crippen MR) is 103 cm³/mol. The van der Waals surface area contributed by atoms with Gasteiger partial charge >= 0.3 is 0 Å². The third-order valence-electron chi connectivity index (χ3n) is 4.33. The van der Waals surface area contributed by atoms with Gasteiger partial charge in [-0.25, -0.2) is 4.98 Å². The molecule has 0 saturated heterocycles. The van der Waals surface area contributed by atoms with E-state index in [2.05, 4.69) is 11.1 Å². The van der Waals surface area contributed by atoms with Gasteiger partial charge in [-0.2, -0.15) is 5.26 Å². The summed E-state index contributed by atoms with van der Waals surface area (Å²) in [4.78, 5) is 15.0. The second kappa shape index (κ2) is 7.21. The van der Waals surface area contributed by atoms with Gasteiger partial charge in [0.15, 0.2) is 0 Å². The molecule has 0 aliphatic heterocycles. The van der Waals surface area contributed by atoms with Crippen LogP contribution in [-0.2, 0) is 6.61 Å². The Morgan fingerprint density at radius 1 is 1.07 bits per heavy atom. The standard InChI is InChI=1S/C21H14N4O3/c22-11-16-3-1-2-4-17(16)14-28-19-8-5-15(6-9-19)20-13-24-12-18(25(26)27)7-10-21(24)23-20/h1-10,12-13H,14H2. The highest BCUT2D eigenvalue weighted by Crippen LogP contribution is 2.24. The molecule has 28 heavy (non-hydrogen) atoms. The highest BCUT2D eigenvalue weighted by molar-refractivity contribution is 5.64. The maximum atomic E-state index is 10.9. The maximum Gasteiger partial charge on any atom is 0.286 e. The zero-order valence-corrected chi connectivity index (χ0v) is 14.6. The highest BCUT2D eigenvalue weighted by Gasteiger charge is 2.10. The molecule has 0 amide bonds. The second-order valence-corrected chi connectivity index (χ2v) is 6.12. The Kier molecular flexibility index (Phi) is 4.44. The average Bonchev–Trinajstić information content (AvgIpc) is 3.16. The van der Waals surface area contributed by atoms with Crippen LogP contribution in [0, 0.1) is 21.4 Å². The Hall–Kier alpha value is -4.18. The Balaban J connectivity index is 1.52. The Bertz CT molecular complexity index is 1210. The highest BCUT2D eigenvalue weighted by atomic mass is 16.6. The van der Waals surface area contributed by atoms with Crippen LogP contribution in [0.3, 0.4) is 0 Å². The molecule has 0 spiro atoms. The first-order valence-electron chi connectivity index (χ1n) is 8.48. The minimum absolute atomic E-state index is 0.0119. The first-order valence-corrected chi connectivity index (χ1v) is 8.48. The van der Waals surface area contributed by atoms with Crippen LogP contribution in [0.5, 0.6) is 5.75 Å². The lowest BCUT2D eigenvalue weighted by atomic mass is 10.1. The summed E-state index contributed by atoms with van der Waals surface area (Å²) in [6, 6.07) is 19.9. The molecule has 0 unspecified atom stereocenters. The molecule has 7 nitrogen and oxygen atoms in total. The van der Waals surface area contributed by atoms with E-state index in [4.69, 9.17) is 10.00 Å². The van der Waals surface area contributed by atoms with Crippen LogP contribution in [-0.4, -0.2) is 14.3 Å². The van der Waals surface area contributed by atoms with Crippen molar-refractivity contribution in [3.05, 3.63) is 94.3 Å². The topological polar surface area (TPSA) is 93.5 Å². The zero-order chi connectivity index (χ0) is 19.5. The van der Waals surface area contributed by atoms with Crippen molar-refractivity contribution in [2.24, 2.45) is 0 Å². The number of imidazole rings is 1. The molecule has 0 radical (unpaired) electrons. The monoisotopic (exact) mass is 370 g/mol. The summed E-state index contributed by atoms with van der Waals surface area (Å²) in [7, 11) is 0. The summed E-state index contributed by atoms with van der Waals surface area (Å²) in [6.07, 6.45) is 3.19. The van der Waals surface area contributed by atoms with Crippen molar-refractivity contribution in [1.82, 2.24) is 9.38 Å². The molecule has 7 heteroatoms. The van der Waals surface area contributed by atoms with E-state index in [9.17, 15) is 10.1 Å². The SMILES string of the molecule is N#Cc1ccccc1COc1ccc(-c2cn3cc([N+](=O)[O-])ccc3n2)cc1. The number of nitrogens with zero attached hydrogens (tertiary/aromatic N) is 4. The molecule has 4 aromatic rings. The second-order valence-electron chi connectivity index (χ2n) is 6.12. The molecule has 2 aromatic carbocycles. The third-order valence-corrected chi connectivity index (χ3v) is 4.33. The van der Waals surface area contributed by atoms with Crippen LogP contribution >= 0.6 is 0 Å². The van der Waals surface area contributed by atoms with E-state index in [-0.39, 0.29) is 5.69 Å². The molecule has 0 N–H and O–H groups in total. The van der Waals surface area contributed by atoms with Gasteiger partial charge in [0.25, 0.3) is 5.69 Å². The number of hydrogen-bond acceptors (Lipinski definition) is 5. The molecule has 0 aliphatic rings. The van der Waals surface area contributed by atoms with Gasteiger partial charge in [-0.05, 0) is 36.4 Å². The quantitative estimate of drug-likeness (QED) is 0.384. The fourth-order valence-corrected chi connectivity index (χ4v) is 2.87. The molecular weight excluding hydrogens is 356 g/mol. The van der Waals surface area contributed by atoms with Crippen molar-refractivity contribution in [1.29, 1.82) is 5.26 Å². The largest absolute Gasteiger partial charge is 0.489 e. The van der Waals surface area contributed by atoms with Crippen molar-refractivity contribution in [3.8, 4) is 23.1 Å². The van der Waals surface area contributed by atoms with E-state index in [1.165, 1.54) is 12.3 Å². The van der Waals surface area contributed by atoms with Crippen LogP contribution in [0.4, 0.5) is 5.69 Å². The lowest BCUT2D eigenvalue weighted by Crippen LogP contribution is -1.97. The summed E-state index contributed by atoms with van der Waals surface area (Å²) in [5.74, 6) is 0.677. The van der Waals surface area contributed by atoms with E-state index in [0.717, 1.165) is 11.1 Å². The molecule has 0 atom stereocenters. The van der Waals surface area contributed by atoms with Gasteiger partial charge in [0.1, 0.15) is 18.0 Å². The summed E-state index contributed by atoms with van der Waals surface area (Å²) in [5.41, 5.74) is 3.65. The van der Waals surface area contributed by atoms with Gasteiger partial charge in [-0.1, -0.05) is 18.2 Å². The minimum atomic E-state index is -0.435. The van der Waals surface area contributed by atoms with Crippen molar-refractivity contribution < 1.29 is 9.66 Å². The number of fused-ring (bicyclic) bond motifs is 1. The molecule has 2 aromatic heterocycles. The van der Waals surface area contributed by atoms with Gasteiger partial charge in [0.05, 0.1) is 28.4 Å². The Morgan fingerprint density at radius 3 is 2.61 bits per heavy atom. The van der Waals surface area contributed by atoms with Gasteiger partial charge < -0.3 is 4.74 Å². The zero-order valence-electron chi connectivity index (χ0n) is 14.6. The number of aromatic nitrogens is 2. The normalized spacial score (nSPS) is 10.5. The summed E-state index contributed by atoms with van der Waals surface area (Å²) in [5, 5.41) is 20.0. The van der Waals surface area contributed by atoms with Crippen LogP contribution in [0.2, 0.25) is 0 Å². The molecular formula is C21H14N4O3. The van der Waals surface area contributed by atoms with Gasteiger partial charge in [0.2, 0.25) is 0 Å². The summed E-state index contributed by atoms with van der Waals surface area (Å²) < 4.78 is 7.41. The van der Waals surface area contributed by atoms with E-state index >= 15 is 0 Å². The third kappa shape index (κ3) is 3.39. The maximum absolute atomic E-state index is 10.9. The predicted octanol–water partition coefficient (Wildman–Crippen LogP) is 4.36. The lowest BCUT2D eigenvalue weighted by molar-refractivity contribution is -0.385. The van der Waals surface area contributed by atoms with Gasteiger partial charge in [-0.3, -0.25) is 14.5 Å². The van der Waals surface area contributed by atoms with E-state index in [1.54, 1.807) is 22.7 Å². The number of rotatable bonds is 5. The molecule has 136 valence electrons. The van der Waals surface area contributed by atoms with Crippen molar-refractivity contribution in [3.63, 3.8) is 0 Å². The summed E-state index contributed by atoms with van der Waals surface area (Å²) in [6.45, 7) is 0.307. The Labute approximate surface area is 160 Å². The number of pyridine rings is 1. The van der Waals surface area contributed by atoms with E-state index in [1.807, 2.05) is 42.5 Å². The smallest absolute Gasteiger partial charge is 0.286 e. The van der Waals surface area contributed by atoms with Crippen molar-refractivity contribution in [2.45, 2.75) is 6.61 Å². The number of nitro groups is 1. The van der Waals surface area contributed by atoms with Gasteiger partial charge in [0, 0.05) is 23.4 Å². The molecule has 2 heterocycles. The summed E-state index contributed by atoms with van der Waals surface area (Å²) >= 11 is 0. The van der Waals surface area contributed by atoms with E-state index in [0.29, 0.717) is 29.3 Å². The van der Waals surface area contributed by atoms with Crippen LogP contribution in [0.25, 0.3) is 16.9 Å². The van der Waals surface area contributed by atoms with Crippen molar-refractivity contribution >= 4 is 11.3 Å². The number of benzene rings is 2. The number of hydrogen-bond donors (Lipinski definition) is 0. The molecule has 0 bridgehead atoms. The molecule has 0 fully saturated rings. The average molecular weight is 370 g/mol. The van der Waals surface area contributed by atoms with Gasteiger partial charge in [-0.15, -0.1) is 0 Å². The van der Waals surface area contributed by atoms with Crippen LogP contribution < -0.4 is 4.74 Å². The van der Waals surface area contributed by atoms with Crippen LogP contribution in [0.15, 0.2) is 73.1 Å². The molecule has 0 saturated carbocycles. The minimum Gasteiger partial charge on any atom is -0.489 e. The fraction of sp³-hybridized carbons (Fsp3) is 0.0476. The fourth-order valence-electron chi connectivity index (χ4n) is 2.87.